The highest BCUT2D eigenvalue weighted by Crippen LogP contribution is 2.15. The van der Waals surface area contributed by atoms with Crippen molar-refractivity contribution in [3.05, 3.63) is 42.1 Å². The number of aliphatic imine (C=N–C) groups is 1. The van der Waals surface area contributed by atoms with Crippen molar-refractivity contribution in [2.24, 2.45) is 4.99 Å². The largest absolute Gasteiger partial charge is 0.382 e. The van der Waals surface area contributed by atoms with Crippen LogP contribution < -0.4 is 10.6 Å². The molecule has 2 rings (SSSR count). The SMILES string of the molecule is CN=C(NCCCOCCOC)NCc1cccc2cccnc12.I. The van der Waals surface area contributed by atoms with E-state index in [2.05, 4.69) is 44.9 Å². The number of benzene rings is 1. The lowest BCUT2D eigenvalue weighted by Gasteiger charge is -2.13. The maximum absolute atomic E-state index is 5.43. The Hall–Kier alpha value is -1.45. The van der Waals surface area contributed by atoms with Gasteiger partial charge in [-0.2, -0.15) is 0 Å². The lowest BCUT2D eigenvalue weighted by Crippen LogP contribution is -2.37. The second-order valence-corrected chi connectivity index (χ2v) is 5.30. The third-order valence-corrected chi connectivity index (χ3v) is 3.58. The molecule has 0 saturated carbocycles. The lowest BCUT2D eigenvalue weighted by molar-refractivity contribution is 0.0698. The van der Waals surface area contributed by atoms with E-state index in [0.717, 1.165) is 35.4 Å². The standard InChI is InChI=1S/C18H26N4O2.HI/c1-19-18(21-10-5-11-24-13-12-23-2)22-14-16-7-3-6-15-8-4-9-20-17(15)16;/h3-4,6-9H,5,10-14H2,1-2H3,(H2,19,21,22);1H. The Kier molecular flexibility index (Phi) is 11.1. The fourth-order valence-corrected chi connectivity index (χ4v) is 2.33. The van der Waals surface area contributed by atoms with Gasteiger partial charge in [0.25, 0.3) is 0 Å². The van der Waals surface area contributed by atoms with Gasteiger partial charge in [-0.3, -0.25) is 9.98 Å². The quantitative estimate of drug-likeness (QED) is 0.262. The Labute approximate surface area is 166 Å². The van der Waals surface area contributed by atoms with Gasteiger partial charge in [0.15, 0.2) is 5.96 Å². The molecule has 0 aliphatic heterocycles. The van der Waals surface area contributed by atoms with Crippen LogP contribution in [0, 0.1) is 0 Å². The summed E-state index contributed by atoms with van der Waals surface area (Å²) in [6.07, 6.45) is 2.74. The van der Waals surface area contributed by atoms with Gasteiger partial charge in [-0.25, -0.2) is 0 Å². The van der Waals surface area contributed by atoms with E-state index in [1.54, 1.807) is 14.2 Å². The zero-order valence-electron chi connectivity index (χ0n) is 14.8. The third-order valence-electron chi connectivity index (χ3n) is 3.58. The number of aromatic nitrogens is 1. The van der Waals surface area contributed by atoms with Crippen molar-refractivity contribution in [3.8, 4) is 0 Å². The first-order valence-corrected chi connectivity index (χ1v) is 8.19. The van der Waals surface area contributed by atoms with E-state index in [0.29, 0.717) is 26.4 Å². The summed E-state index contributed by atoms with van der Waals surface area (Å²) in [6.45, 7) is 3.46. The van der Waals surface area contributed by atoms with E-state index in [1.165, 1.54) is 0 Å². The molecule has 138 valence electrons. The van der Waals surface area contributed by atoms with E-state index in [1.807, 2.05) is 12.3 Å². The molecule has 2 N–H and O–H groups in total. The van der Waals surface area contributed by atoms with Gasteiger partial charge in [0.1, 0.15) is 0 Å². The highest BCUT2D eigenvalue weighted by Gasteiger charge is 2.03. The predicted molar refractivity (Wildman–Crippen MR) is 113 cm³/mol. The maximum Gasteiger partial charge on any atom is 0.191 e. The number of halogens is 1. The average molecular weight is 458 g/mol. The topological polar surface area (TPSA) is 67.8 Å². The Morgan fingerprint density at radius 1 is 1.12 bits per heavy atom. The van der Waals surface area contributed by atoms with Crippen molar-refractivity contribution in [1.82, 2.24) is 15.6 Å². The van der Waals surface area contributed by atoms with Crippen molar-refractivity contribution in [1.29, 1.82) is 0 Å². The number of fused-ring (bicyclic) bond motifs is 1. The summed E-state index contributed by atoms with van der Waals surface area (Å²) in [5.41, 5.74) is 2.17. The van der Waals surface area contributed by atoms with Crippen molar-refractivity contribution in [2.75, 3.05) is 40.5 Å². The minimum absolute atomic E-state index is 0. The van der Waals surface area contributed by atoms with Crippen LogP contribution in [0.5, 0.6) is 0 Å². The number of methoxy groups -OCH3 is 1. The van der Waals surface area contributed by atoms with Crippen molar-refractivity contribution < 1.29 is 9.47 Å². The molecule has 25 heavy (non-hydrogen) atoms. The van der Waals surface area contributed by atoms with Gasteiger partial charge in [-0.1, -0.05) is 24.3 Å². The van der Waals surface area contributed by atoms with Gasteiger partial charge in [0, 0.05) is 45.4 Å². The highest BCUT2D eigenvalue weighted by molar-refractivity contribution is 14.0. The molecule has 1 aromatic carbocycles. The minimum Gasteiger partial charge on any atom is -0.382 e. The number of hydrogen-bond acceptors (Lipinski definition) is 4. The van der Waals surface area contributed by atoms with Gasteiger partial charge in [-0.15, -0.1) is 24.0 Å². The molecule has 0 unspecified atom stereocenters. The zero-order chi connectivity index (χ0) is 17.0. The molecule has 0 amide bonds. The second-order valence-electron chi connectivity index (χ2n) is 5.30. The van der Waals surface area contributed by atoms with Crippen LogP contribution in [0.4, 0.5) is 0 Å². The van der Waals surface area contributed by atoms with Gasteiger partial charge in [-0.05, 0) is 18.1 Å². The molecule has 0 bridgehead atoms. The molecule has 7 heteroatoms. The number of hydrogen-bond donors (Lipinski definition) is 2. The monoisotopic (exact) mass is 458 g/mol. The molecule has 1 aromatic heterocycles. The zero-order valence-corrected chi connectivity index (χ0v) is 17.2. The third kappa shape index (κ3) is 7.54. The van der Waals surface area contributed by atoms with Gasteiger partial charge in [0.05, 0.1) is 18.7 Å². The number of pyridine rings is 1. The second kappa shape index (κ2) is 12.8. The summed E-state index contributed by atoms with van der Waals surface area (Å²) < 4.78 is 10.4. The molecule has 0 atom stereocenters. The first-order valence-electron chi connectivity index (χ1n) is 8.19. The van der Waals surface area contributed by atoms with Crippen LogP contribution in [-0.4, -0.2) is 51.5 Å². The summed E-state index contributed by atoms with van der Waals surface area (Å²) in [5.74, 6) is 0.778. The first kappa shape index (κ1) is 21.6. The van der Waals surface area contributed by atoms with Crippen LogP contribution in [0.15, 0.2) is 41.5 Å². The van der Waals surface area contributed by atoms with Crippen LogP contribution >= 0.6 is 24.0 Å². The number of nitrogens with zero attached hydrogens (tertiary/aromatic N) is 2. The fourth-order valence-electron chi connectivity index (χ4n) is 2.33. The molecule has 2 aromatic rings. The summed E-state index contributed by atoms with van der Waals surface area (Å²) in [6, 6.07) is 10.2. The molecule has 0 radical (unpaired) electrons. The van der Waals surface area contributed by atoms with Crippen LogP contribution in [-0.2, 0) is 16.0 Å². The van der Waals surface area contributed by atoms with Crippen LogP contribution in [0.25, 0.3) is 10.9 Å². The lowest BCUT2D eigenvalue weighted by atomic mass is 10.1. The van der Waals surface area contributed by atoms with E-state index in [-0.39, 0.29) is 24.0 Å². The molecule has 0 aliphatic rings. The Bertz CT molecular complexity index is 647. The van der Waals surface area contributed by atoms with E-state index >= 15 is 0 Å². The van der Waals surface area contributed by atoms with Crippen molar-refractivity contribution in [2.45, 2.75) is 13.0 Å². The minimum atomic E-state index is 0. The number of nitrogens with one attached hydrogen (secondary N) is 2. The van der Waals surface area contributed by atoms with Crippen molar-refractivity contribution >= 4 is 40.8 Å². The fraction of sp³-hybridized carbons (Fsp3) is 0.444. The van der Waals surface area contributed by atoms with Gasteiger partial charge < -0.3 is 20.1 Å². The summed E-state index contributed by atoms with van der Waals surface area (Å²) >= 11 is 0. The van der Waals surface area contributed by atoms with Crippen LogP contribution in [0.3, 0.4) is 0 Å². The molecular weight excluding hydrogens is 431 g/mol. The van der Waals surface area contributed by atoms with Gasteiger partial charge in [0.2, 0.25) is 0 Å². The highest BCUT2D eigenvalue weighted by atomic mass is 127. The Morgan fingerprint density at radius 2 is 1.96 bits per heavy atom. The summed E-state index contributed by atoms with van der Waals surface area (Å²) in [4.78, 5) is 8.71. The molecule has 6 nitrogen and oxygen atoms in total. The molecule has 0 saturated heterocycles. The normalized spacial score (nSPS) is 11.2. The number of ether oxygens (including phenoxy) is 2. The van der Waals surface area contributed by atoms with Gasteiger partial charge >= 0.3 is 0 Å². The number of rotatable bonds is 9. The Morgan fingerprint density at radius 3 is 2.76 bits per heavy atom. The van der Waals surface area contributed by atoms with E-state index < -0.39 is 0 Å². The van der Waals surface area contributed by atoms with Crippen LogP contribution in [0.2, 0.25) is 0 Å². The molecule has 0 fully saturated rings. The first-order chi connectivity index (χ1) is 11.8. The Balaban J connectivity index is 0.00000312. The number of guanidine groups is 1. The predicted octanol–water partition coefficient (Wildman–Crippen LogP) is 2.57. The molecular formula is C18H27IN4O2. The smallest absolute Gasteiger partial charge is 0.191 e. The number of para-hydroxylation sites is 1. The summed E-state index contributed by atoms with van der Waals surface area (Å²) in [7, 11) is 3.44. The van der Waals surface area contributed by atoms with E-state index in [4.69, 9.17) is 9.47 Å². The van der Waals surface area contributed by atoms with Crippen molar-refractivity contribution in [3.63, 3.8) is 0 Å². The average Bonchev–Trinajstić information content (AvgIpc) is 2.63. The maximum atomic E-state index is 5.43. The van der Waals surface area contributed by atoms with E-state index in [9.17, 15) is 0 Å². The summed E-state index contributed by atoms with van der Waals surface area (Å²) in [5, 5.41) is 7.76. The molecule has 0 spiro atoms. The molecule has 1 heterocycles. The van der Waals surface area contributed by atoms with Crippen LogP contribution in [0.1, 0.15) is 12.0 Å². The molecule has 0 aliphatic carbocycles.